The quantitative estimate of drug-likeness (QED) is 0.911. The van der Waals surface area contributed by atoms with E-state index in [9.17, 15) is 18.0 Å². The normalized spacial score (nSPS) is 11.3. The molecule has 0 spiro atoms. The van der Waals surface area contributed by atoms with Gasteiger partial charge in [0.15, 0.2) is 0 Å². The topological polar surface area (TPSA) is 80.9 Å². The lowest BCUT2D eigenvalue weighted by Crippen LogP contribution is -2.14. The van der Waals surface area contributed by atoms with E-state index in [1.165, 1.54) is 12.1 Å². The molecule has 20 heavy (non-hydrogen) atoms. The molecule has 0 fully saturated rings. The van der Waals surface area contributed by atoms with Crippen LogP contribution in [0.25, 0.3) is 0 Å². The van der Waals surface area contributed by atoms with Gasteiger partial charge in [-0.05, 0) is 24.3 Å². The maximum Gasteiger partial charge on any atom is 0.416 e. The number of hydrogen-bond donors (Lipinski definition) is 2. The Bertz CT molecular complexity index is 609. The van der Waals surface area contributed by atoms with E-state index in [-0.39, 0.29) is 17.2 Å². The van der Waals surface area contributed by atoms with Gasteiger partial charge in [0.25, 0.3) is 0 Å². The van der Waals surface area contributed by atoms with Crippen LogP contribution in [0, 0.1) is 0 Å². The van der Waals surface area contributed by atoms with E-state index < -0.39 is 17.6 Å². The van der Waals surface area contributed by atoms with Gasteiger partial charge in [-0.2, -0.15) is 13.2 Å². The fourth-order valence-electron chi connectivity index (χ4n) is 1.42. The van der Waals surface area contributed by atoms with Crippen LogP contribution in [0.5, 0.6) is 0 Å². The molecule has 1 heterocycles. The molecule has 0 aliphatic rings. The van der Waals surface area contributed by atoms with E-state index in [2.05, 4.69) is 15.5 Å². The van der Waals surface area contributed by atoms with Crippen molar-refractivity contribution in [3.63, 3.8) is 0 Å². The Morgan fingerprint density at radius 1 is 1.25 bits per heavy atom. The number of benzene rings is 1. The molecule has 106 valence electrons. The number of nitrogen functional groups attached to an aromatic ring is 1. The minimum Gasteiger partial charge on any atom is -0.374 e. The molecule has 0 atom stereocenters. The van der Waals surface area contributed by atoms with Crippen LogP contribution in [0.15, 0.2) is 24.3 Å². The lowest BCUT2D eigenvalue weighted by atomic mass is 10.2. The molecule has 0 saturated carbocycles. The van der Waals surface area contributed by atoms with Crippen LogP contribution in [0.3, 0.4) is 0 Å². The highest BCUT2D eigenvalue weighted by atomic mass is 32.1. The van der Waals surface area contributed by atoms with Crippen LogP contribution in [0.2, 0.25) is 0 Å². The lowest BCUT2D eigenvalue weighted by molar-refractivity contribution is -0.137. The molecular weight excluding hydrogens is 293 g/mol. The average molecular weight is 302 g/mol. The first-order valence-electron chi connectivity index (χ1n) is 5.39. The van der Waals surface area contributed by atoms with E-state index in [1.807, 2.05) is 0 Å². The highest BCUT2D eigenvalue weighted by Gasteiger charge is 2.29. The second kappa shape index (κ2) is 5.45. The van der Waals surface area contributed by atoms with Crippen molar-refractivity contribution < 1.29 is 18.0 Å². The number of carbonyl (C=O) groups is 1. The summed E-state index contributed by atoms with van der Waals surface area (Å²) in [5.41, 5.74) is 4.88. The highest BCUT2D eigenvalue weighted by Crippen LogP contribution is 2.29. The molecule has 0 aliphatic carbocycles. The maximum atomic E-state index is 12.4. The summed E-state index contributed by atoms with van der Waals surface area (Å²) in [5, 5.41) is 10.4. The van der Waals surface area contributed by atoms with Crippen molar-refractivity contribution in [3.05, 3.63) is 34.8 Å². The SMILES string of the molecule is Nc1nnc(CC(=O)Nc2ccc(C(F)(F)F)cc2)s1. The molecule has 1 aromatic carbocycles. The number of nitrogens with zero attached hydrogens (tertiary/aromatic N) is 2. The first-order valence-corrected chi connectivity index (χ1v) is 6.21. The molecule has 0 radical (unpaired) electrons. The molecule has 5 nitrogen and oxygen atoms in total. The van der Waals surface area contributed by atoms with Crippen LogP contribution in [-0.4, -0.2) is 16.1 Å². The Labute approximate surface area is 115 Å². The van der Waals surface area contributed by atoms with Gasteiger partial charge in [-0.15, -0.1) is 10.2 Å². The fourth-order valence-corrected chi connectivity index (χ4v) is 2.03. The predicted octanol–water partition coefficient (Wildman–Crippen LogP) is 2.32. The average Bonchev–Trinajstić information content (AvgIpc) is 2.74. The summed E-state index contributed by atoms with van der Waals surface area (Å²) >= 11 is 1.08. The number of rotatable bonds is 3. The van der Waals surface area contributed by atoms with Gasteiger partial charge in [0.1, 0.15) is 5.01 Å². The molecule has 3 N–H and O–H groups in total. The van der Waals surface area contributed by atoms with Crippen LogP contribution < -0.4 is 11.1 Å². The number of nitrogens with two attached hydrogens (primary N) is 1. The van der Waals surface area contributed by atoms with Crippen molar-refractivity contribution in [2.75, 3.05) is 11.1 Å². The molecule has 0 saturated heterocycles. The number of halogens is 3. The lowest BCUT2D eigenvalue weighted by Gasteiger charge is -2.08. The predicted molar refractivity (Wildman–Crippen MR) is 68.1 cm³/mol. The molecule has 1 amide bonds. The number of anilines is 2. The third-order valence-corrected chi connectivity index (χ3v) is 3.04. The van der Waals surface area contributed by atoms with E-state index in [0.29, 0.717) is 5.01 Å². The van der Waals surface area contributed by atoms with Crippen LogP contribution in [0.1, 0.15) is 10.6 Å². The summed E-state index contributed by atoms with van der Waals surface area (Å²) in [4.78, 5) is 11.6. The molecule has 1 aromatic heterocycles. The van der Waals surface area contributed by atoms with Gasteiger partial charge in [0.05, 0.1) is 12.0 Å². The third-order valence-electron chi connectivity index (χ3n) is 2.29. The summed E-state index contributed by atoms with van der Waals surface area (Å²) in [6.07, 6.45) is -4.43. The van der Waals surface area contributed by atoms with Gasteiger partial charge < -0.3 is 11.1 Å². The number of alkyl halides is 3. The Kier molecular flexibility index (Phi) is 3.89. The molecular formula is C11H9F3N4OS. The van der Waals surface area contributed by atoms with Crippen molar-refractivity contribution >= 4 is 28.1 Å². The molecule has 9 heteroatoms. The largest absolute Gasteiger partial charge is 0.416 e. The van der Waals surface area contributed by atoms with Gasteiger partial charge in [0, 0.05) is 5.69 Å². The summed E-state index contributed by atoms with van der Waals surface area (Å²) in [6.45, 7) is 0. The second-order valence-electron chi connectivity index (χ2n) is 3.83. The summed E-state index contributed by atoms with van der Waals surface area (Å²) in [7, 11) is 0. The third kappa shape index (κ3) is 3.67. The Morgan fingerprint density at radius 3 is 2.40 bits per heavy atom. The van der Waals surface area contributed by atoms with Gasteiger partial charge in [-0.1, -0.05) is 11.3 Å². The Hall–Kier alpha value is -2.16. The minimum atomic E-state index is -4.40. The zero-order valence-corrected chi connectivity index (χ0v) is 10.8. The van der Waals surface area contributed by atoms with Gasteiger partial charge in [-0.25, -0.2) is 0 Å². The first-order chi connectivity index (χ1) is 9.34. The van der Waals surface area contributed by atoms with Gasteiger partial charge in [-0.3, -0.25) is 4.79 Å². The number of amides is 1. The zero-order valence-electron chi connectivity index (χ0n) is 9.94. The highest BCUT2D eigenvalue weighted by molar-refractivity contribution is 7.15. The van der Waals surface area contributed by atoms with Crippen molar-refractivity contribution in [1.82, 2.24) is 10.2 Å². The Balaban J connectivity index is 1.98. The fraction of sp³-hybridized carbons (Fsp3) is 0.182. The number of aromatic nitrogens is 2. The van der Waals surface area contributed by atoms with Crippen LogP contribution in [0.4, 0.5) is 24.0 Å². The molecule has 0 unspecified atom stereocenters. The molecule has 0 aliphatic heterocycles. The minimum absolute atomic E-state index is 0.0319. The van der Waals surface area contributed by atoms with Crippen LogP contribution >= 0.6 is 11.3 Å². The first kappa shape index (κ1) is 14.3. The van der Waals surface area contributed by atoms with Crippen molar-refractivity contribution in [3.8, 4) is 0 Å². The molecule has 2 rings (SSSR count). The Morgan fingerprint density at radius 2 is 1.90 bits per heavy atom. The van der Waals surface area contributed by atoms with E-state index in [1.54, 1.807) is 0 Å². The summed E-state index contributed by atoms with van der Waals surface area (Å²) in [6, 6.07) is 4.18. The number of hydrogen-bond acceptors (Lipinski definition) is 5. The molecule has 2 aromatic rings. The summed E-state index contributed by atoms with van der Waals surface area (Å²) < 4.78 is 37.1. The monoisotopic (exact) mass is 302 g/mol. The van der Waals surface area contributed by atoms with E-state index in [4.69, 9.17) is 5.73 Å². The second-order valence-corrected chi connectivity index (χ2v) is 4.93. The number of carbonyl (C=O) groups excluding carboxylic acids is 1. The zero-order chi connectivity index (χ0) is 14.8. The van der Waals surface area contributed by atoms with Crippen molar-refractivity contribution in [2.45, 2.75) is 12.6 Å². The standard InChI is InChI=1S/C11H9F3N4OS/c12-11(13,14)6-1-3-7(4-2-6)16-8(19)5-9-17-18-10(15)20-9/h1-4H,5H2,(H2,15,18)(H,16,19). The smallest absolute Gasteiger partial charge is 0.374 e. The summed E-state index contributed by atoms with van der Waals surface area (Å²) in [5.74, 6) is -0.402. The van der Waals surface area contributed by atoms with E-state index >= 15 is 0 Å². The molecule has 0 bridgehead atoms. The van der Waals surface area contributed by atoms with Crippen molar-refractivity contribution in [1.29, 1.82) is 0 Å². The van der Waals surface area contributed by atoms with Gasteiger partial charge in [0.2, 0.25) is 11.0 Å². The van der Waals surface area contributed by atoms with E-state index in [0.717, 1.165) is 23.5 Å². The van der Waals surface area contributed by atoms with Crippen molar-refractivity contribution in [2.24, 2.45) is 0 Å². The maximum absolute atomic E-state index is 12.4. The van der Waals surface area contributed by atoms with Gasteiger partial charge >= 0.3 is 6.18 Å². The van der Waals surface area contributed by atoms with Crippen LogP contribution in [-0.2, 0) is 17.4 Å². The number of nitrogens with one attached hydrogen (secondary N) is 1.